The van der Waals surface area contributed by atoms with Gasteiger partial charge in [0.15, 0.2) is 5.76 Å². The van der Waals surface area contributed by atoms with Gasteiger partial charge in [-0.25, -0.2) is 0 Å². The number of para-hydroxylation sites is 2. The molecule has 0 spiro atoms. The molecule has 2 amide bonds. The summed E-state index contributed by atoms with van der Waals surface area (Å²) in [5.41, 5.74) is 6.16. The number of carbonyl (C=O) groups excluding carboxylic acids is 2. The highest BCUT2D eigenvalue weighted by Gasteiger charge is 2.17. The molecule has 0 saturated carbocycles. The molecule has 6 heteroatoms. The highest BCUT2D eigenvalue weighted by Crippen LogP contribution is 2.24. The van der Waals surface area contributed by atoms with Crippen molar-refractivity contribution in [3.05, 3.63) is 65.9 Å². The Bertz CT molecular complexity index is 903. The van der Waals surface area contributed by atoms with Crippen LogP contribution in [0.3, 0.4) is 0 Å². The van der Waals surface area contributed by atoms with Crippen molar-refractivity contribution in [1.82, 2.24) is 10.9 Å². The molecule has 3 rings (SSSR count). The zero-order chi connectivity index (χ0) is 18.4. The van der Waals surface area contributed by atoms with E-state index in [1.165, 1.54) is 0 Å². The van der Waals surface area contributed by atoms with E-state index in [0.717, 1.165) is 16.7 Å². The van der Waals surface area contributed by atoms with E-state index < -0.39 is 5.91 Å². The van der Waals surface area contributed by atoms with Crippen molar-refractivity contribution in [1.29, 1.82) is 0 Å². The first-order valence-corrected chi connectivity index (χ1v) is 8.40. The number of rotatable bonds is 6. The first kappa shape index (κ1) is 17.5. The van der Waals surface area contributed by atoms with Crippen LogP contribution in [0.15, 0.2) is 59.0 Å². The summed E-state index contributed by atoms with van der Waals surface area (Å²) in [7, 11) is 0. The fraction of sp³-hybridized carbons (Fsp3) is 0.200. The summed E-state index contributed by atoms with van der Waals surface area (Å²) in [6.07, 6.45) is 0.784. The molecule has 0 radical (unpaired) electrons. The molecular formula is C20H20N2O4. The van der Waals surface area contributed by atoms with Gasteiger partial charge in [-0.2, -0.15) is 0 Å². The summed E-state index contributed by atoms with van der Waals surface area (Å²) in [6.45, 7) is 2.23. The fourth-order valence-electron chi connectivity index (χ4n) is 2.58. The maximum Gasteiger partial charge on any atom is 0.305 e. The van der Waals surface area contributed by atoms with Gasteiger partial charge in [-0.15, -0.1) is 0 Å². The van der Waals surface area contributed by atoms with Gasteiger partial charge in [0.1, 0.15) is 11.3 Å². The number of carbonyl (C=O) groups is 2. The molecule has 0 atom stereocenters. The van der Waals surface area contributed by atoms with Gasteiger partial charge >= 0.3 is 5.91 Å². The van der Waals surface area contributed by atoms with Gasteiger partial charge in [0.25, 0.3) is 0 Å². The Kier molecular flexibility index (Phi) is 5.53. The van der Waals surface area contributed by atoms with Crippen molar-refractivity contribution in [3.63, 3.8) is 0 Å². The minimum absolute atomic E-state index is 0.193. The fourth-order valence-corrected chi connectivity index (χ4v) is 2.58. The number of aryl methyl sites for hydroxylation is 1. The van der Waals surface area contributed by atoms with Crippen LogP contribution in [-0.4, -0.2) is 18.4 Å². The van der Waals surface area contributed by atoms with Crippen LogP contribution in [0.25, 0.3) is 11.0 Å². The molecule has 0 aliphatic carbocycles. The first-order valence-electron chi connectivity index (χ1n) is 8.40. The number of hydrogen-bond acceptors (Lipinski definition) is 4. The molecule has 0 aliphatic heterocycles. The van der Waals surface area contributed by atoms with E-state index in [0.29, 0.717) is 18.6 Å². The smallest absolute Gasteiger partial charge is 0.305 e. The van der Waals surface area contributed by atoms with Gasteiger partial charge in [0.05, 0.1) is 6.61 Å². The average molecular weight is 352 g/mol. The van der Waals surface area contributed by atoms with Gasteiger partial charge in [-0.3, -0.25) is 20.4 Å². The molecule has 134 valence electrons. The number of hydrazine groups is 1. The van der Waals surface area contributed by atoms with Gasteiger partial charge < -0.3 is 9.15 Å². The Balaban J connectivity index is 1.43. The zero-order valence-corrected chi connectivity index (χ0v) is 14.5. The van der Waals surface area contributed by atoms with E-state index in [9.17, 15) is 9.59 Å². The van der Waals surface area contributed by atoms with Crippen LogP contribution in [0.1, 0.15) is 29.0 Å². The van der Waals surface area contributed by atoms with Crippen LogP contribution in [-0.2, 0) is 4.79 Å². The number of fused-ring (bicyclic) bond motifs is 1. The van der Waals surface area contributed by atoms with Crippen molar-refractivity contribution >= 4 is 22.8 Å². The van der Waals surface area contributed by atoms with Gasteiger partial charge in [0.2, 0.25) is 5.91 Å². The molecule has 2 N–H and O–H groups in total. The summed E-state index contributed by atoms with van der Waals surface area (Å²) in [5, 5.41) is 0.877. The standard InChI is InChI=1S/C20H20N2O4/c1-14-16-10-5-6-11-17(16)26-19(14)20(24)22-21-18(23)12-7-13-25-15-8-3-2-4-9-15/h2-6,8-11H,7,12-13H2,1H3,(H,21,23)(H,22,24). The number of ether oxygens (including phenoxy) is 1. The molecule has 0 aliphatic rings. The summed E-state index contributed by atoms with van der Waals surface area (Å²) in [6, 6.07) is 16.8. The van der Waals surface area contributed by atoms with E-state index in [1.54, 1.807) is 6.07 Å². The average Bonchev–Trinajstić information content (AvgIpc) is 3.01. The molecule has 1 aromatic heterocycles. The number of amides is 2. The second kappa shape index (κ2) is 8.20. The van der Waals surface area contributed by atoms with Crippen molar-refractivity contribution in [2.45, 2.75) is 19.8 Å². The first-order chi connectivity index (χ1) is 12.6. The number of nitrogens with one attached hydrogen (secondary N) is 2. The zero-order valence-electron chi connectivity index (χ0n) is 14.5. The molecule has 0 bridgehead atoms. The molecule has 0 saturated heterocycles. The van der Waals surface area contributed by atoms with Crippen LogP contribution >= 0.6 is 0 Å². The maximum atomic E-state index is 12.2. The highest BCUT2D eigenvalue weighted by atomic mass is 16.5. The second-order valence-electron chi connectivity index (χ2n) is 5.82. The predicted octanol–water partition coefficient (Wildman–Crippen LogP) is 3.36. The number of benzene rings is 2. The topological polar surface area (TPSA) is 80.6 Å². The quantitative estimate of drug-likeness (QED) is 0.526. The monoisotopic (exact) mass is 352 g/mol. The van der Waals surface area contributed by atoms with Crippen molar-refractivity contribution in [2.75, 3.05) is 6.61 Å². The number of hydrogen-bond donors (Lipinski definition) is 2. The molecular weight excluding hydrogens is 332 g/mol. The normalized spacial score (nSPS) is 10.5. The number of furan rings is 1. The van der Waals surface area contributed by atoms with E-state index in [1.807, 2.05) is 55.5 Å². The highest BCUT2D eigenvalue weighted by molar-refractivity contribution is 5.99. The third-order valence-corrected chi connectivity index (χ3v) is 3.93. The minimum Gasteiger partial charge on any atom is -0.494 e. The maximum absolute atomic E-state index is 12.2. The van der Waals surface area contributed by atoms with Crippen LogP contribution in [0.2, 0.25) is 0 Å². The summed E-state index contributed by atoms with van der Waals surface area (Å²) in [4.78, 5) is 24.0. The molecule has 0 unspecified atom stereocenters. The molecule has 0 fully saturated rings. The predicted molar refractivity (Wildman–Crippen MR) is 97.7 cm³/mol. The molecule has 1 heterocycles. The van der Waals surface area contributed by atoms with E-state index in [4.69, 9.17) is 9.15 Å². The van der Waals surface area contributed by atoms with Crippen LogP contribution in [0.4, 0.5) is 0 Å². The summed E-state index contributed by atoms with van der Waals surface area (Å²) < 4.78 is 11.1. The van der Waals surface area contributed by atoms with E-state index in [2.05, 4.69) is 10.9 Å². The summed E-state index contributed by atoms with van der Waals surface area (Å²) in [5.74, 6) is 0.192. The third kappa shape index (κ3) is 4.22. The van der Waals surface area contributed by atoms with Crippen LogP contribution in [0, 0.1) is 6.92 Å². The Hall–Kier alpha value is -3.28. The second-order valence-corrected chi connectivity index (χ2v) is 5.82. The largest absolute Gasteiger partial charge is 0.494 e. The Labute approximate surface area is 151 Å². The lowest BCUT2D eigenvalue weighted by atomic mass is 10.1. The Morgan fingerprint density at radius 3 is 2.50 bits per heavy atom. The molecule has 26 heavy (non-hydrogen) atoms. The van der Waals surface area contributed by atoms with Crippen LogP contribution < -0.4 is 15.6 Å². The Morgan fingerprint density at radius 1 is 1.00 bits per heavy atom. The third-order valence-electron chi connectivity index (χ3n) is 3.93. The van der Waals surface area contributed by atoms with Gasteiger partial charge in [-0.05, 0) is 31.5 Å². The lowest BCUT2D eigenvalue weighted by Crippen LogP contribution is -2.41. The molecule has 6 nitrogen and oxygen atoms in total. The Morgan fingerprint density at radius 2 is 1.73 bits per heavy atom. The van der Waals surface area contributed by atoms with Crippen molar-refractivity contribution in [2.24, 2.45) is 0 Å². The summed E-state index contributed by atoms with van der Waals surface area (Å²) >= 11 is 0. The SMILES string of the molecule is Cc1c(C(=O)NNC(=O)CCCOc2ccccc2)oc2ccccc12. The van der Waals surface area contributed by atoms with Gasteiger partial charge in [0, 0.05) is 17.4 Å². The molecule has 3 aromatic rings. The van der Waals surface area contributed by atoms with E-state index in [-0.39, 0.29) is 18.1 Å². The molecule has 2 aromatic carbocycles. The van der Waals surface area contributed by atoms with Crippen molar-refractivity contribution in [3.8, 4) is 5.75 Å². The van der Waals surface area contributed by atoms with Gasteiger partial charge in [-0.1, -0.05) is 36.4 Å². The van der Waals surface area contributed by atoms with Crippen LogP contribution in [0.5, 0.6) is 5.75 Å². The lowest BCUT2D eigenvalue weighted by Gasteiger charge is -2.07. The lowest BCUT2D eigenvalue weighted by molar-refractivity contribution is -0.122. The van der Waals surface area contributed by atoms with E-state index >= 15 is 0 Å². The van der Waals surface area contributed by atoms with Crippen molar-refractivity contribution < 1.29 is 18.7 Å². The minimum atomic E-state index is -0.479.